The van der Waals surface area contributed by atoms with Crippen LogP contribution in [0, 0.1) is 0 Å². The number of carboxylic acid groups (broad SMARTS) is 1. The average molecular weight is 413 g/mol. The zero-order chi connectivity index (χ0) is 18.7. The van der Waals surface area contributed by atoms with Crippen LogP contribution in [0.4, 0.5) is 5.69 Å². The van der Waals surface area contributed by atoms with Crippen LogP contribution in [-0.2, 0) is 0 Å². The van der Waals surface area contributed by atoms with Gasteiger partial charge in [0.25, 0.3) is 11.5 Å². The van der Waals surface area contributed by atoms with Crippen molar-refractivity contribution in [2.24, 2.45) is 0 Å². The summed E-state index contributed by atoms with van der Waals surface area (Å²) < 4.78 is 2.12. The first kappa shape index (κ1) is 17.6. The van der Waals surface area contributed by atoms with Gasteiger partial charge in [-0.15, -0.1) is 0 Å². The molecule has 1 heterocycles. The second-order valence-corrected chi connectivity index (χ2v) is 6.33. The first-order valence-electron chi connectivity index (χ1n) is 7.58. The first-order chi connectivity index (χ1) is 12.5. The Balaban J connectivity index is 1.82. The van der Waals surface area contributed by atoms with Crippen LogP contribution in [0.3, 0.4) is 0 Å². The van der Waals surface area contributed by atoms with Gasteiger partial charge in [0.1, 0.15) is 5.56 Å². The number of nitrogens with one attached hydrogen (secondary N) is 1. The van der Waals surface area contributed by atoms with Crippen molar-refractivity contribution in [1.82, 2.24) is 4.57 Å². The van der Waals surface area contributed by atoms with Gasteiger partial charge in [-0.05, 0) is 60.7 Å². The van der Waals surface area contributed by atoms with Crippen molar-refractivity contribution in [3.05, 3.63) is 92.8 Å². The van der Waals surface area contributed by atoms with Crippen molar-refractivity contribution >= 4 is 33.5 Å². The molecule has 0 aliphatic carbocycles. The topological polar surface area (TPSA) is 88.4 Å². The molecule has 6 nitrogen and oxygen atoms in total. The Bertz CT molecular complexity index is 1020. The Labute approximate surface area is 156 Å². The number of benzene rings is 2. The first-order valence-corrected chi connectivity index (χ1v) is 8.37. The number of pyridine rings is 1. The molecule has 130 valence electrons. The third-order valence-corrected chi connectivity index (χ3v) is 4.22. The molecule has 0 aliphatic rings. The number of carboxylic acids is 1. The van der Waals surface area contributed by atoms with Crippen LogP contribution in [0.15, 0.2) is 76.1 Å². The molecule has 0 bridgehead atoms. The zero-order valence-corrected chi connectivity index (χ0v) is 14.9. The zero-order valence-electron chi connectivity index (χ0n) is 13.3. The molecule has 3 aromatic rings. The van der Waals surface area contributed by atoms with E-state index in [9.17, 15) is 14.4 Å². The molecule has 3 rings (SSSR count). The monoisotopic (exact) mass is 412 g/mol. The van der Waals surface area contributed by atoms with Crippen LogP contribution in [0.2, 0.25) is 0 Å². The van der Waals surface area contributed by atoms with E-state index in [2.05, 4.69) is 21.2 Å². The van der Waals surface area contributed by atoms with Gasteiger partial charge in [-0.25, -0.2) is 4.79 Å². The minimum absolute atomic E-state index is 0.254. The highest BCUT2D eigenvalue weighted by atomic mass is 79.9. The maximum atomic E-state index is 12.2. The van der Waals surface area contributed by atoms with Crippen molar-refractivity contribution in [2.45, 2.75) is 0 Å². The number of rotatable bonds is 4. The highest BCUT2D eigenvalue weighted by molar-refractivity contribution is 9.10. The number of hydrogen-bond donors (Lipinski definition) is 2. The van der Waals surface area contributed by atoms with Crippen LogP contribution in [0.5, 0.6) is 0 Å². The van der Waals surface area contributed by atoms with Gasteiger partial charge in [-0.1, -0.05) is 15.9 Å². The maximum absolute atomic E-state index is 12.2. The normalized spacial score (nSPS) is 10.3. The SMILES string of the molecule is O=C(Nc1ccc(-n2cccc(C(=O)O)c2=O)cc1)c1ccc(Br)cc1. The van der Waals surface area contributed by atoms with Crippen molar-refractivity contribution in [2.75, 3.05) is 5.32 Å². The maximum Gasteiger partial charge on any atom is 0.341 e. The van der Waals surface area contributed by atoms with E-state index in [4.69, 9.17) is 5.11 Å². The van der Waals surface area contributed by atoms with Crippen LogP contribution in [0.25, 0.3) is 5.69 Å². The lowest BCUT2D eigenvalue weighted by Gasteiger charge is -2.09. The van der Waals surface area contributed by atoms with Gasteiger partial charge < -0.3 is 10.4 Å². The van der Waals surface area contributed by atoms with Gasteiger partial charge >= 0.3 is 5.97 Å². The Morgan fingerprint density at radius 2 is 1.62 bits per heavy atom. The number of aromatic nitrogens is 1. The van der Waals surface area contributed by atoms with E-state index >= 15 is 0 Å². The largest absolute Gasteiger partial charge is 0.477 e. The molecule has 26 heavy (non-hydrogen) atoms. The number of amides is 1. The predicted molar refractivity (Wildman–Crippen MR) is 101 cm³/mol. The summed E-state index contributed by atoms with van der Waals surface area (Å²) in [5.74, 6) is -1.53. The number of aromatic carboxylic acids is 1. The summed E-state index contributed by atoms with van der Waals surface area (Å²) in [6.07, 6.45) is 1.49. The average Bonchev–Trinajstić information content (AvgIpc) is 2.63. The molecule has 7 heteroatoms. The highest BCUT2D eigenvalue weighted by Crippen LogP contribution is 2.15. The van der Waals surface area contributed by atoms with Gasteiger partial charge in [-0.2, -0.15) is 0 Å². The lowest BCUT2D eigenvalue weighted by atomic mass is 10.2. The van der Waals surface area contributed by atoms with Crippen LogP contribution in [-0.4, -0.2) is 21.6 Å². The number of hydrogen-bond acceptors (Lipinski definition) is 3. The van der Waals surface area contributed by atoms with E-state index in [0.29, 0.717) is 16.9 Å². The summed E-state index contributed by atoms with van der Waals surface area (Å²) in [4.78, 5) is 35.5. The van der Waals surface area contributed by atoms with E-state index in [1.165, 1.54) is 22.9 Å². The molecule has 1 aromatic heterocycles. The molecule has 0 saturated carbocycles. The van der Waals surface area contributed by atoms with Crippen molar-refractivity contribution in [1.29, 1.82) is 0 Å². The Kier molecular flexibility index (Phi) is 4.99. The summed E-state index contributed by atoms with van der Waals surface area (Å²) in [6.45, 7) is 0. The van der Waals surface area contributed by atoms with Crippen molar-refractivity contribution in [3.63, 3.8) is 0 Å². The molecule has 2 N–H and O–H groups in total. The standard InChI is InChI=1S/C19H13BrN2O4/c20-13-5-3-12(4-6-13)17(23)21-14-7-9-15(10-8-14)22-11-1-2-16(18(22)24)19(25)26/h1-11H,(H,21,23)(H,25,26). The number of carbonyl (C=O) groups excluding carboxylic acids is 1. The predicted octanol–water partition coefficient (Wildman–Crippen LogP) is 3.55. The van der Waals surface area contributed by atoms with Gasteiger partial charge in [0.2, 0.25) is 0 Å². The Morgan fingerprint density at radius 3 is 2.23 bits per heavy atom. The fourth-order valence-electron chi connectivity index (χ4n) is 2.37. The smallest absolute Gasteiger partial charge is 0.341 e. The minimum Gasteiger partial charge on any atom is -0.477 e. The molecule has 0 radical (unpaired) electrons. The van der Waals surface area contributed by atoms with E-state index in [-0.39, 0.29) is 11.5 Å². The number of anilines is 1. The third-order valence-electron chi connectivity index (χ3n) is 3.69. The summed E-state index contributed by atoms with van der Waals surface area (Å²) >= 11 is 3.32. The highest BCUT2D eigenvalue weighted by Gasteiger charge is 2.11. The fraction of sp³-hybridized carbons (Fsp3) is 0. The molecule has 0 fully saturated rings. The molecule has 0 unspecified atom stereocenters. The second kappa shape index (κ2) is 7.37. The molecule has 0 atom stereocenters. The lowest BCUT2D eigenvalue weighted by Crippen LogP contribution is -2.24. The number of nitrogens with zero attached hydrogens (tertiary/aromatic N) is 1. The number of halogens is 1. The molecular weight excluding hydrogens is 400 g/mol. The van der Waals surface area contributed by atoms with E-state index in [1.807, 2.05) is 0 Å². The van der Waals surface area contributed by atoms with E-state index in [0.717, 1.165) is 4.47 Å². The quantitative estimate of drug-likeness (QED) is 0.685. The van der Waals surface area contributed by atoms with Crippen molar-refractivity contribution < 1.29 is 14.7 Å². The minimum atomic E-state index is -1.28. The molecule has 1 amide bonds. The van der Waals surface area contributed by atoms with Crippen LogP contribution < -0.4 is 10.9 Å². The van der Waals surface area contributed by atoms with Gasteiger partial charge in [0.15, 0.2) is 0 Å². The fourth-order valence-corrected chi connectivity index (χ4v) is 2.63. The summed E-state index contributed by atoms with van der Waals surface area (Å²) in [6, 6.07) is 16.3. The Morgan fingerprint density at radius 1 is 0.962 bits per heavy atom. The molecule has 0 spiro atoms. The summed E-state index contributed by atoms with van der Waals surface area (Å²) in [5, 5.41) is 11.8. The van der Waals surface area contributed by atoms with Crippen molar-refractivity contribution in [3.8, 4) is 5.69 Å². The van der Waals surface area contributed by atoms with Gasteiger partial charge in [0, 0.05) is 27.6 Å². The lowest BCUT2D eigenvalue weighted by molar-refractivity contribution is 0.0694. The van der Waals surface area contributed by atoms with Gasteiger partial charge in [-0.3, -0.25) is 14.2 Å². The molecule has 0 saturated heterocycles. The second-order valence-electron chi connectivity index (χ2n) is 5.41. The van der Waals surface area contributed by atoms with Gasteiger partial charge in [0.05, 0.1) is 0 Å². The summed E-state index contributed by atoms with van der Waals surface area (Å²) in [7, 11) is 0. The molecule has 0 aliphatic heterocycles. The number of carbonyl (C=O) groups is 2. The van der Waals surface area contributed by atoms with Crippen LogP contribution >= 0.6 is 15.9 Å². The third kappa shape index (κ3) is 3.73. The molecule has 2 aromatic carbocycles. The van der Waals surface area contributed by atoms with E-state index < -0.39 is 11.5 Å². The summed E-state index contributed by atoms with van der Waals surface area (Å²) in [5.41, 5.74) is 0.651. The molecular formula is C19H13BrN2O4. The van der Waals surface area contributed by atoms with E-state index in [1.54, 1.807) is 48.5 Å². The Hall–Kier alpha value is -3.19. The van der Waals surface area contributed by atoms with Crippen LogP contribution in [0.1, 0.15) is 20.7 Å².